The summed E-state index contributed by atoms with van der Waals surface area (Å²) in [6.07, 6.45) is 0. The van der Waals surface area contributed by atoms with E-state index in [1.54, 1.807) is 0 Å². The molecule has 6 heteroatoms. The lowest BCUT2D eigenvalue weighted by molar-refractivity contribution is 0.174. The minimum atomic E-state index is 0.231. The Labute approximate surface area is 180 Å². The zero-order valence-corrected chi connectivity index (χ0v) is 17.9. The molecule has 4 rings (SSSR count). The number of hydrogen-bond acceptors (Lipinski definition) is 6. The molecule has 5 nitrogen and oxygen atoms in total. The summed E-state index contributed by atoms with van der Waals surface area (Å²) in [4.78, 5) is 0. The first-order chi connectivity index (χ1) is 14.6. The van der Waals surface area contributed by atoms with Crippen molar-refractivity contribution in [3.05, 3.63) is 64.5 Å². The highest BCUT2D eigenvalue weighted by atomic mass is 32.1. The minimum Gasteiger partial charge on any atom is -0.478 e. The van der Waals surface area contributed by atoms with Gasteiger partial charge in [-0.2, -0.15) is 5.26 Å². The van der Waals surface area contributed by atoms with Crippen LogP contribution < -0.4 is 19.5 Å². The molecule has 0 atom stereocenters. The van der Waals surface area contributed by atoms with Gasteiger partial charge in [0.05, 0.1) is 0 Å². The van der Waals surface area contributed by atoms with Crippen LogP contribution in [-0.4, -0.2) is 13.3 Å². The van der Waals surface area contributed by atoms with Gasteiger partial charge in [0, 0.05) is 17.5 Å². The smallest absolute Gasteiger partial charge is 0.231 e. The molecule has 0 bridgehead atoms. The van der Waals surface area contributed by atoms with Crippen LogP contribution >= 0.6 is 11.3 Å². The molecule has 0 spiro atoms. The average molecular weight is 421 g/mol. The van der Waals surface area contributed by atoms with Gasteiger partial charge in [-0.25, -0.2) is 0 Å². The quantitative estimate of drug-likeness (QED) is 0.533. The summed E-state index contributed by atoms with van der Waals surface area (Å²) in [6.45, 7) is 6.93. The number of benzene rings is 2. The lowest BCUT2D eigenvalue weighted by Crippen LogP contribution is -2.18. The third-order valence-corrected chi connectivity index (χ3v) is 5.72. The van der Waals surface area contributed by atoms with E-state index in [0.29, 0.717) is 28.9 Å². The van der Waals surface area contributed by atoms with Crippen molar-refractivity contribution in [3.63, 3.8) is 0 Å². The van der Waals surface area contributed by atoms with Gasteiger partial charge in [0.2, 0.25) is 6.79 Å². The number of hydrogen-bond donors (Lipinski definition) is 1. The normalized spacial score (nSPS) is 12.2. The van der Waals surface area contributed by atoms with Crippen molar-refractivity contribution < 1.29 is 14.2 Å². The lowest BCUT2D eigenvalue weighted by atomic mass is 10.0. The SMILES string of the molecule is CC(C)CNCc1ccc(COc2scc(-c3ccc4c(c3)OCO4)c2C#N)cc1. The van der Waals surface area contributed by atoms with Crippen LogP contribution in [0.25, 0.3) is 11.1 Å². The van der Waals surface area contributed by atoms with Crippen LogP contribution in [0.5, 0.6) is 16.6 Å². The van der Waals surface area contributed by atoms with Crippen LogP contribution in [0.3, 0.4) is 0 Å². The van der Waals surface area contributed by atoms with Crippen LogP contribution in [0.2, 0.25) is 0 Å². The second-order valence-corrected chi connectivity index (χ2v) is 8.46. The molecular formula is C24H24N2O3S. The van der Waals surface area contributed by atoms with Gasteiger partial charge in [0.25, 0.3) is 0 Å². The molecule has 3 aromatic rings. The maximum Gasteiger partial charge on any atom is 0.231 e. The summed E-state index contributed by atoms with van der Waals surface area (Å²) in [6, 6.07) is 16.4. The van der Waals surface area contributed by atoms with E-state index >= 15 is 0 Å². The fourth-order valence-corrected chi connectivity index (χ4v) is 4.12. The van der Waals surface area contributed by atoms with E-state index in [2.05, 4.69) is 49.5 Å². The molecule has 2 aromatic carbocycles. The molecule has 30 heavy (non-hydrogen) atoms. The Morgan fingerprint density at radius 3 is 2.63 bits per heavy atom. The molecule has 0 saturated carbocycles. The van der Waals surface area contributed by atoms with Crippen molar-refractivity contribution >= 4 is 11.3 Å². The van der Waals surface area contributed by atoms with E-state index < -0.39 is 0 Å². The van der Waals surface area contributed by atoms with Crippen molar-refractivity contribution in [2.75, 3.05) is 13.3 Å². The van der Waals surface area contributed by atoms with Crippen molar-refractivity contribution in [1.29, 1.82) is 5.26 Å². The number of nitrogens with one attached hydrogen (secondary N) is 1. The third-order valence-electron chi connectivity index (χ3n) is 4.83. The third kappa shape index (κ3) is 4.59. The monoisotopic (exact) mass is 420 g/mol. The fraction of sp³-hybridized carbons (Fsp3) is 0.292. The zero-order chi connectivity index (χ0) is 20.9. The van der Waals surface area contributed by atoms with Gasteiger partial charge in [-0.1, -0.05) is 44.2 Å². The highest BCUT2D eigenvalue weighted by Gasteiger charge is 2.18. The van der Waals surface area contributed by atoms with Crippen LogP contribution in [0.4, 0.5) is 0 Å². The molecule has 0 aliphatic carbocycles. The molecule has 0 unspecified atom stereocenters. The molecule has 2 heterocycles. The Kier molecular flexibility index (Phi) is 6.22. The van der Waals surface area contributed by atoms with E-state index in [1.807, 2.05) is 23.6 Å². The Morgan fingerprint density at radius 2 is 1.87 bits per heavy atom. The van der Waals surface area contributed by atoms with Gasteiger partial charge in [0.1, 0.15) is 18.2 Å². The highest BCUT2D eigenvalue weighted by molar-refractivity contribution is 7.12. The fourth-order valence-electron chi connectivity index (χ4n) is 3.24. The van der Waals surface area contributed by atoms with Gasteiger partial charge < -0.3 is 19.5 Å². The van der Waals surface area contributed by atoms with Gasteiger partial charge in [-0.3, -0.25) is 0 Å². The number of ether oxygens (including phenoxy) is 3. The number of fused-ring (bicyclic) bond motifs is 1. The summed E-state index contributed by atoms with van der Waals surface area (Å²) in [7, 11) is 0. The highest BCUT2D eigenvalue weighted by Crippen LogP contribution is 2.41. The predicted molar refractivity (Wildman–Crippen MR) is 118 cm³/mol. The topological polar surface area (TPSA) is 63.5 Å². The molecule has 0 amide bonds. The van der Waals surface area contributed by atoms with E-state index in [0.717, 1.165) is 35.5 Å². The largest absolute Gasteiger partial charge is 0.478 e. The van der Waals surface area contributed by atoms with E-state index in [-0.39, 0.29) is 6.79 Å². The molecule has 0 radical (unpaired) electrons. The molecular weight excluding hydrogens is 396 g/mol. The van der Waals surface area contributed by atoms with Crippen molar-refractivity contribution in [3.8, 4) is 33.8 Å². The van der Waals surface area contributed by atoms with Gasteiger partial charge >= 0.3 is 0 Å². The van der Waals surface area contributed by atoms with E-state index in [1.165, 1.54) is 16.9 Å². The molecule has 1 aromatic heterocycles. The first kappa shape index (κ1) is 20.3. The summed E-state index contributed by atoms with van der Waals surface area (Å²) in [5, 5.41) is 15.7. The first-order valence-corrected chi connectivity index (χ1v) is 10.8. The van der Waals surface area contributed by atoms with Crippen molar-refractivity contribution in [2.24, 2.45) is 5.92 Å². The number of nitrogens with zero attached hydrogens (tertiary/aromatic N) is 1. The summed E-state index contributed by atoms with van der Waals surface area (Å²) in [5.74, 6) is 2.07. The van der Waals surface area contributed by atoms with E-state index in [4.69, 9.17) is 14.2 Å². The van der Waals surface area contributed by atoms with E-state index in [9.17, 15) is 5.26 Å². The predicted octanol–water partition coefficient (Wildman–Crippen LogP) is 5.34. The molecule has 0 saturated heterocycles. The molecule has 0 fully saturated rings. The second-order valence-electron chi connectivity index (χ2n) is 7.62. The first-order valence-electron chi connectivity index (χ1n) is 9.97. The number of rotatable bonds is 8. The Morgan fingerprint density at radius 1 is 1.10 bits per heavy atom. The Bertz CT molecular complexity index is 1050. The number of thiophene rings is 1. The average Bonchev–Trinajstić information content (AvgIpc) is 3.38. The maximum atomic E-state index is 9.71. The van der Waals surface area contributed by atoms with Crippen LogP contribution in [0.1, 0.15) is 30.5 Å². The Balaban J connectivity index is 1.41. The van der Waals surface area contributed by atoms with Crippen molar-refractivity contribution in [2.45, 2.75) is 27.0 Å². The molecule has 1 aliphatic rings. The minimum absolute atomic E-state index is 0.231. The second kappa shape index (κ2) is 9.21. The van der Waals surface area contributed by atoms with Gasteiger partial charge in [0.15, 0.2) is 16.6 Å². The summed E-state index contributed by atoms with van der Waals surface area (Å²) >= 11 is 1.44. The van der Waals surface area contributed by atoms with Gasteiger partial charge in [-0.15, -0.1) is 11.3 Å². The lowest BCUT2D eigenvalue weighted by Gasteiger charge is -2.09. The standard InChI is InChI=1S/C24H24N2O3S/c1-16(2)11-26-12-17-3-5-18(6-4-17)13-27-24-20(10-25)21(14-30-24)19-7-8-22-23(9-19)29-15-28-22/h3-9,14,16,26H,11-13,15H2,1-2H3. The zero-order valence-electron chi connectivity index (χ0n) is 17.1. The van der Waals surface area contributed by atoms with Crippen LogP contribution in [-0.2, 0) is 13.2 Å². The molecule has 1 N–H and O–H groups in total. The molecule has 154 valence electrons. The van der Waals surface area contributed by atoms with Crippen molar-refractivity contribution in [1.82, 2.24) is 5.32 Å². The number of nitriles is 1. The van der Waals surface area contributed by atoms with Crippen LogP contribution in [0.15, 0.2) is 47.8 Å². The maximum absolute atomic E-state index is 9.71. The van der Waals surface area contributed by atoms with Gasteiger partial charge in [-0.05, 0) is 41.3 Å². The Hall–Kier alpha value is -3.01. The summed E-state index contributed by atoms with van der Waals surface area (Å²) in [5.41, 5.74) is 4.64. The van der Waals surface area contributed by atoms with Crippen LogP contribution in [0, 0.1) is 17.2 Å². The summed E-state index contributed by atoms with van der Waals surface area (Å²) < 4.78 is 16.8. The molecule has 1 aliphatic heterocycles.